The molecule has 2 aromatic carbocycles. The Hall–Kier alpha value is -2.96. The summed E-state index contributed by atoms with van der Waals surface area (Å²) in [6, 6.07) is 10.1. The molecule has 35 heavy (non-hydrogen) atoms. The van der Waals surface area contributed by atoms with E-state index in [2.05, 4.69) is 15.5 Å². The van der Waals surface area contributed by atoms with E-state index >= 15 is 0 Å². The molecule has 188 valence electrons. The summed E-state index contributed by atoms with van der Waals surface area (Å²) in [4.78, 5) is 28.3. The summed E-state index contributed by atoms with van der Waals surface area (Å²) < 4.78 is 26.8. The van der Waals surface area contributed by atoms with Crippen LogP contribution in [-0.4, -0.2) is 37.5 Å². The lowest BCUT2D eigenvalue weighted by Crippen LogP contribution is -2.50. The molecule has 7 heteroatoms. The van der Waals surface area contributed by atoms with Crippen LogP contribution in [0.2, 0.25) is 0 Å². The minimum absolute atomic E-state index is 0.172. The van der Waals surface area contributed by atoms with Gasteiger partial charge in [0.1, 0.15) is 17.7 Å². The molecule has 5 nitrogen and oxygen atoms in total. The molecule has 1 aliphatic carbocycles. The van der Waals surface area contributed by atoms with E-state index in [-0.39, 0.29) is 23.4 Å². The summed E-state index contributed by atoms with van der Waals surface area (Å²) in [5.41, 5.74) is 2.72. The summed E-state index contributed by atoms with van der Waals surface area (Å²) >= 11 is 0. The summed E-state index contributed by atoms with van der Waals surface area (Å²) in [6.07, 6.45) is 7.12. The second-order valence-corrected chi connectivity index (χ2v) is 9.88. The Morgan fingerprint density at radius 3 is 2.46 bits per heavy atom. The molecule has 0 aromatic heterocycles. The molecule has 2 N–H and O–H groups in total. The SMILES string of the molecule is CC(C(=O)NC(CC1CCCCC1)C(=O)NCCN1CCc2cc(F)ccc21)c1ccc(F)cc1. The Labute approximate surface area is 206 Å². The zero-order chi connectivity index (χ0) is 24.8. The molecule has 4 rings (SSSR count). The van der Waals surface area contributed by atoms with Crippen LogP contribution in [0.3, 0.4) is 0 Å². The number of carbonyl (C=O) groups excluding carboxylic acids is 2. The van der Waals surface area contributed by atoms with E-state index in [1.165, 1.54) is 24.6 Å². The monoisotopic (exact) mass is 483 g/mol. The summed E-state index contributed by atoms with van der Waals surface area (Å²) in [7, 11) is 0. The lowest BCUT2D eigenvalue weighted by atomic mass is 9.84. The third kappa shape index (κ3) is 6.59. The number of nitrogens with zero attached hydrogens (tertiary/aromatic N) is 1. The Bertz CT molecular complexity index is 1020. The average molecular weight is 484 g/mol. The van der Waals surface area contributed by atoms with Gasteiger partial charge >= 0.3 is 0 Å². The Morgan fingerprint density at radius 1 is 1.00 bits per heavy atom. The number of hydrogen-bond donors (Lipinski definition) is 2. The van der Waals surface area contributed by atoms with Crippen LogP contribution in [0.25, 0.3) is 0 Å². The number of amides is 2. The Morgan fingerprint density at radius 2 is 1.71 bits per heavy atom. The normalized spacial score (nSPS) is 17.5. The van der Waals surface area contributed by atoms with Crippen LogP contribution >= 0.6 is 0 Å². The molecule has 0 radical (unpaired) electrons. The lowest BCUT2D eigenvalue weighted by Gasteiger charge is -2.28. The number of benzene rings is 2. The van der Waals surface area contributed by atoms with Crippen LogP contribution in [-0.2, 0) is 16.0 Å². The van der Waals surface area contributed by atoms with Crippen LogP contribution in [0, 0.1) is 17.6 Å². The fourth-order valence-electron chi connectivity index (χ4n) is 5.30. The number of halogens is 2. The van der Waals surface area contributed by atoms with E-state index in [4.69, 9.17) is 0 Å². The standard InChI is InChI=1S/C28H35F2N3O2/c1-19(21-7-9-23(29)10-8-21)27(34)32-25(17-20-5-3-2-4-6-20)28(35)31-14-16-33-15-13-22-18-24(30)11-12-26(22)33/h7-12,18-20,25H,2-6,13-17H2,1H3,(H,31,35)(H,32,34). The molecule has 1 saturated carbocycles. The topological polar surface area (TPSA) is 61.4 Å². The zero-order valence-electron chi connectivity index (χ0n) is 20.4. The maximum atomic E-state index is 13.5. The highest BCUT2D eigenvalue weighted by Gasteiger charge is 2.28. The van der Waals surface area contributed by atoms with Gasteiger partial charge in [-0.3, -0.25) is 9.59 Å². The van der Waals surface area contributed by atoms with Crippen LogP contribution < -0.4 is 15.5 Å². The van der Waals surface area contributed by atoms with E-state index < -0.39 is 12.0 Å². The number of fused-ring (bicyclic) bond motifs is 1. The number of carbonyl (C=O) groups is 2. The highest BCUT2D eigenvalue weighted by atomic mass is 19.1. The molecule has 0 bridgehead atoms. The molecule has 2 aromatic rings. The molecule has 1 fully saturated rings. The van der Waals surface area contributed by atoms with Crippen molar-refractivity contribution in [1.82, 2.24) is 10.6 Å². The first-order valence-electron chi connectivity index (χ1n) is 12.8. The fourth-order valence-corrected chi connectivity index (χ4v) is 5.30. The van der Waals surface area contributed by atoms with Crippen molar-refractivity contribution in [3.8, 4) is 0 Å². The summed E-state index contributed by atoms with van der Waals surface area (Å²) in [6.45, 7) is 3.64. The van der Waals surface area contributed by atoms with Crippen molar-refractivity contribution in [2.24, 2.45) is 5.92 Å². The maximum Gasteiger partial charge on any atom is 0.242 e. The van der Waals surface area contributed by atoms with E-state index in [9.17, 15) is 18.4 Å². The van der Waals surface area contributed by atoms with Crippen LogP contribution in [0.1, 0.15) is 62.5 Å². The van der Waals surface area contributed by atoms with Gasteiger partial charge in [-0.25, -0.2) is 8.78 Å². The van der Waals surface area contributed by atoms with Gasteiger partial charge in [-0.2, -0.15) is 0 Å². The minimum atomic E-state index is -0.603. The second kappa shape index (κ2) is 11.6. The number of rotatable bonds is 9. The summed E-state index contributed by atoms with van der Waals surface area (Å²) in [5.74, 6) is -1.05. The Kier molecular flexibility index (Phi) is 8.37. The molecular weight excluding hydrogens is 448 g/mol. The van der Waals surface area contributed by atoms with E-state index in [0.29, 0.717) is 31.0 Å². The van der Waals surface area contributed by atoms with Crippen molar-refractivity contribution < 1.29 is 18.4 Å². The third-order valence-electron chi connectivity index (χ3n) is 7.40. The smallest absolute Gasteiger partial charge is 0.242 e. The van der Waals surface area contributed by atoms with Gasteiger partial charge in [0.25, 0.3) is 0 Å². The van der Waals surface area contributed by atoms with Crippen molar-refractivity contribution in [2.45, 2.75) is 63.8 Å². The fraction of sp³-hybridized carbons (Fsp3) is 0.500. The molecule has 1 aliphatic heterocycles. The van der Waals surface area contributed by atoms with Gasteiger partial charge in [0.15, 0.2) is 0 Å². The molecule has 0 saturated heterocycles. The molecule has 2 amide bonds. The van der Waals surface area contributed by atoms with Crippen molar-refractivity contribution in [3.63, 3.8) is 0 Å². The van der Waals surface area contributed by atoms with Gasteiger partial charge in [0, 0.05) is 25.3 Å². The minimum Gasteiger partial charge on any atom is -0.369 e. The van der Waals surface area contributed by atoms with Crippen molar-refractivity contribution in [2.75, 3.05) is 24.5 Å². The average Bonchev–Trinajstić information content (AvgIpc) is 3.26. The predicted molar refractivity (Wildman–Crippen MR) is 133 cm³/mol. The molecule has 2 unspecified atom stereocenters. The van der Waals surface area contributed by atoms with E-state index in [0.717, 1.165) is 49.9 Å². The van der Waals surface area contributed by atoms with Crippen molar-refractivity contribution in [3.05, 3.63) is 65.2 Å². The van der Waals surface area contributed by atoms with Gasteiger partial charge in [-0.15, -0.1) is 0 Å². The second-order valence-electron chi connectivity index (χ2n) is 9.88. The molecule has 2 aliphatic rings. The van der Waals surface area contributed by atoms with Gasteiger partial charge < -0.3 is 15.5 Å². The number of nitrogens with one attached hydrogen (secondary N) is 2. The molecule has 1 heterocycles. The first-order chi connectivity index (χ1) is 16.9. The van der Waals surface area contributed by atoms with Crippen molar-refractivity contribution in [1.29, 1.82) is 0 Å². The van der Waals surface area contributed by atoms with Crippen LogP contribution in [0.15, 0.2) is 42.5 Å². The molecular formula is C28H35F2N3O2. The lowest BCUT2D eigenvalue weighted by molar-refractivity contribution is -0.130. The van der Waals surface area contributed by atoms with Gasteiger partial charge in [0.2, 0.25) is 11.8 Å². The van der Waals surface area contributed by atoms with Gasteiger partial charge in [-0.1, -0.05) is 44.2 Å². The largest absolute Gasteiger partial charge is 0.369 e. The Balaban J connectivity index is 1.35. The highest BCUT2D eigenvalue weighted by molar-refractivity contribution is 5.90. The molecule has 0 spiro atoms. The number of anilines is 1. The van der Waals surface area contributed by atoms with Crippen LogP contribution in [0.4, 0.5) is 14.5 Å². The first-order valence-corrected chi connectivity index (χ1v) is 12.8. The zero-order valence-corrected chi connectivity index (χ0v) is 20.4. The first kappa shape index (κ1) is 25.1. The molecule has 2 atom stereocenters. The van der Waals surface area contributed by atoms with Gasteiger partial charge in [0.05, 0.1) is 5.92 Å². The third-order valence-corrected chi connectivity index (χ3v) is 7.40. The van der Waals surface area contributed by atoms with E-state index in [1.54, 1.807) is 31.2 Å². The maximum absolute atomic E-state index is 13.5. The van der Waals surface area contributed by atoms with Gasteiger partial charge in [-0.05, 0) is 67.1 Å². The van der Waals surface area contributed by atoms with Crippen LogP contribution in [0.5, 0.6) is 0 Å². The predicted octanol–water partition coefficient (Wildman–Crippen LogP) is 4.70. The number of hydrogen-bond acceptors (Lipinski definition) is 3. The van der Waals surface area contributed by atoms with E-state index in [1.807, 2.05) is 0 Å². The quantitative estimate of drug-likeness (QED) is 0.544. The summed E-state index contributed by atoms with van der Waals surface area (Å²) in [5, 5.41) is 5.99. The highest BCUT2D eigenvalue weighted by Crippen LogP contribution is 2.29. The van der Waals surface area contributed by atoms with Crippen molar-refractivity contribution >= 4 is 17.5 Å².